The van der Waals surface area contributed by atoms with Crippen molar-refractivity contribution in [2.75, 3.05) is 25.4 Å². The first-order chi connectivity index (χ1) is 15.5. The first kappa shape index (κ1) is 27.2. The number of rotatable bonds is 10. The van der Waals surface area contributed by atoms with Crippen molar-refractivity contribution in [2.24, 2.45) is 0 Å². The Morgan fingerprint density at radius 1 is 1.24 bits per heavy atom. The van der Waals surface area contributed by atoms with Crippen molar-refractivity contribution in [2.45, 2.75) is 37.1 Å². The Labute approximate surface area is 208 Å². The van der Waals surface area contributed by atoms with Crippen molar-refractivity contribution in [3.8, 4) is 0 Å². The van der Waals surface area contributed by atoms with Gasteiger partial charge in [-0.15, -0.1) is 35.5 Å². The largest absolute Gasteiger partial charge is 0.480 e. The van der Waals surface area contributed by atoms with E-state index in [1.165, 1.54) is 4.90 Å². The highest BCUT2D eigenvalue weighted by Gasteiger charge is 2.36. The number of nitrogens with one attached hydrogen (secondary N) is 1. The highest BCUT2D eigenvalue weighted by atomic mass is 35.5. The minimum Gasteiger partial charge on any atom is -0.480 e. The Bertz CT molecular complexity index is 898. The normalized spacial score (nSPS) is 19.3. The highest BCUT2D eigenvalue weighted by Crippen LogP contribution is 2.35. The molecular formula is C23H29ClN2O5S2. The summed E-state index contributed by atoms with van der Waals surface area (Å²) in [5, 5.41) is 14.5. The van der Waals surface area contributed by atoms with E-state index in [2.05, 4.69) is 5.32 Å². The third kappa shape index (κ3) is 8.03. The molecule has 7 nitrogen and oxygen atoms in total. The van der Waals surface area contributed by atoms with Crippen LogP contribution in [0.3, 0.4) is 0 Å². The molecule has 0 saturated carbocycles. The maximum absolute atomic E-state index is 13.2. The van der Waals surface area contributed by atoms with E-state index in [1.807, 2.05) is 47.8 Å². The van der Waals surface area contributed by atoms with Crippen LogP contribution >= 0.6 is 35.5 Å². The molecule has 10 heteroatoms. The minimum absolute atomic E-state index is 0. The van der Waals surface area contributed by atoms with Crippen LogP contribution in [0.1, 0.15) is 29.0 Å². The lowest BCUT2D eigenvalue weighted by molar-refractivity contribution is -0.148. The molecule has 1 saturated heterocycles. The Morgan fingerprint density at radius 2 is 2.00 bits per heavy atom. The highest BCUT2D eigenvalue weighted by molar-refractivity contribution is 7.99. The summed E-state index contributed by atoms with van der Waals surface area (Å²) in [4.78, 5) is 39.7. The summed E-state index contributed by atoms with van der Waals surface area (Å²) in [5.41, 5.74) is 1.09. The van der Waals surface area contributed by atoms with Gasteiger partial charge in [-0.3, -0.25) is 19.7 Å². The van der Waals surface area contributed by atoms with Crippen LogP contribution < -0.4 is 5.32 Å². The second kappa shape index (κ2) is 13.6. The molecule has 1 amide bonds. The standard InChI is InChI=1S/C23H28N2O5S2.ClH/c1-2-30-23(29)17(11-10-16-7-4-3-5-8-16)24-18-15-32-20(19-9-6-12-31-19)13-25(22(18)28)14-21(26)27;/h3-9,12,17-18,20,24H,2,10-11,13-15H2,1H3,(H,26,27);1H/t17-,18-,20+;/m0./s1. The fourth-order valence-electron chi connectivity index (χ4n) is 3.63. The molecule has 0 aliphatic carbocycles. The molecule has 33 heavy (non-hydrogen) atoms. The molecule has 180 valence electrons. The quantitative estimate of drug-likeness (QED) is 0.471. The molecular weight excluding hydrogens is 484 g/mol. The van der Waals surface area contributed by atoms with Crippen LogP contribution in [-0.2, 0) is 25.5 Å². The summed E-state index contributed by atoms with van der Waals surface area (Å²) in [6.45, 7) is 1.95. The molecule has 0 radical (unpaired) electrons. The van der Waals surface area contributed by atoms with Gasteiger partial charge in [-0.25, -0.2) is 0 Å². The predicted octanol–water partition coefficient (Wildman–Crippen LogP) is 3.39. The number of aryl methyl sites for hydroxylation is 1. The van der Waals surface area contributed by atoms with Gasteiger partial charge in [-0.1, -0.05) is 36.4 Å². The topological polar surface area (TPSA) is 95.9 Å². The summed E-state index contributed by atoms with van der Waals surface area (Å²) in [5.74, 6) is -1.31. The van der Waals surface area contributed by atoms with Gasteiger partial charge in [0.05, 0.1) is 17.9 Å². The van der Waals surface area contributed by atoms with Gasteiger partial charge in [-0.05, 0) is 36.8 Å². The van der Waals surface area contributed by atoms with E-state index in [1.54, 1.807) is 30.0 Å². The number of halogens is 1. The van der Waals surface area contributed by atoms with E-state index in [0.717, 1.165) is 10.4 Å². The smallest absolute Gasteiger partial charge is 0.323 e. The van der Waals surface area contributed by atoms with Crippen molar-refractivity contribution in [3.05, 3.63) is 58.3 Å². The molecule has 2 N–H and O–H groups in total. The Hall–Kier alpha value is -2.07. The monoisotopic (exact) mass is 512 g/mol. The van der Waals surface area contributed by atoms with Gasteiger partial charge in [0.1, 0.15) is 12.6 Å². The zero-order valence-corrected chi connectivity index (χ0v) is 20.8. The third-order valence-electron chi connectivity index (χ3n) is 5.18. The van der Waals surface area contributed by atoms with Crippen molar-refractivity contribution in [1.82, 2.24) is 10.2 Å². The first-order valence-corrected chi connectivity index (χ1v) is 12.5. The number of aliphatic carboxylic acids is 1. The molecule has 3 rings (SSSR count). The van der Waals surface area contributed by atoms with Crippen LogP contribution in [0.2, 0.25) is 0 Å². The molecule has 0 bridgehead atoms. The Morgan fingerprint density at radius 3 is 2.64 bits per heavy atom. The lowest BCUT2D eigenvalue weighted by Crippen LogP contribution is -2.53. The van der Waals surface area contributed by atoms with Crippen LogP contribution in [0.4, 0.5) is 0 Å². The number of hydrogen-bond donors (Lipinski definition) is 2. The molecule has 0 unspecified atom stereocenters. The molecule has 1 aromatic heterocycles. The lowest BCUT2D eigenvalue weighted by atomic mass is 10.0. The number of benzene rings is 1. The van der Waals surface area contributed by atoms with Crippen LogP contribution in [0.15, 0.2) is 47.8 Å². The Kier molecular flexibility index (Phi) is 11.2. The number of thiophene rings is 1. The van der Waals surface area contributed by atoms with Gasteiger partial charge >= 0.3 is 11.9 Å². The number of carboxylic acid groups (broad SMARTS) is 1. The van der Waals surface area contributed by atoms with Crippen molar-refractivity contribution >= 4 is 53.4 Å². The van der Waals surface area contributed by atoms with Crippen LogP contribution in [-0.4, -0.2) is 65.4 Å². The van der Waals surface area contributed by atoms with Gasteiger partial charge in [0.25, 0.3) is 0 Å². The number of esters is 1. The van der Waals surface area contributed by atoms with Crippen molar-refractivity contribution < 1.29 is 24.2 Å². The van der Waals surface area contributed by atoms with E-state index < -0.39 is 24.0 Å². The second-order valence-corrected chi connectivity index (χ2v) is 9.71. The van der Waals surface area contributed by atoms with Crippen LogP contribution in [0.25, 0.3) is 0 Å². The molecule has 1 fully saturated rings. The number of carbonyl (C=O) groups excluding carboxylic acids is 2. The summed E-state index contributed by atoms with van der Waals surface area (Å²) in [6.07, 6.45) is 1.13. The molecule has 1 aromatic carbocycles. The molecule has 3 atom stereocenters. The van der Waals surface area contributed by atoms with E-state index >= 15 is 0 Å². The van der Waals surface area contributed by atoms with Gasteiger partial charge in [-0.2, -0.15) is 0 Å². The van der Waals surface area contributed by atoms with Gasteiger partial charge < -0.3 is 14.7 Å². The second-order valence-electron chi connectivity index (χ2n) is 7.50. The number of nitrogens with zero attached hydrogens (tertiary/aromatic N) is 1. The fourth-order valence-corrected chi connectivity index (χ4v) is 5.89. The van der Waals surface area contributed by atoms with Crippen LogP contribution in [0.5, 0.6) is 0 Å². The van der Waals surface area contributed by atoms with E-state index in [-0.39, 0.29) is 36.7 Å². The lowest BCUT2D eigenvalue weighted by Gasteiger charge is -2.26. The van der Waals surface area contributed by atoms with E-state index in [9.17, 15) is 19.5 Å². The maximum Gasteiger partial charge on any atom is 0.323 e. The first-order valence-electron chi connectivity index (χ1n) is 10.6. The Balaban J connectivity index is 0.00000385. The third-order valence-corrected chi connectivity index (χ3v) is 7.65. The van der Waals surface area contributed by atoms with Gasteiger partial charge in [0.2, 0.25) is 5.91 Å². The van der Waals surface area contributed by atoms with Gasteiger partial charge in [0.15, 0.2) is 0 Å². The molecule has 1 aliphatic rings. The number of ether oxygens (including phenoxy) is 1. The number of thioether (sulfide) groups is 1. The minimum atomic E-state index is -1.06. The SMILES string of the molecule is CCOC(=O)[C@H](CCc1ccccc1)N[C@H]1CS[C@@H](c2cccs2)CN(CC(=O)O)C1=O.Cl. The summed E-state index contributed by atoms with van der Waals surface area (Å²) in [7, 11) is 0. The molecule has 2 aromatic rings. The van der Waals surface area contributed by atoms with Crippen molar-refractivity contribution in [1.29, 1.82) is 0 Å². The van der Waals surface area contributed by atoms with Crippen LogP contribution in [0, 0.1) is 0 Å². The maximum atomic E-state index is 13.2. The average Bonchev–Trinajstić information content (AvgIpc) is 3.27. The van der Waals surface area contributed by atoms with E-state index in [4.69, 9.17) is 4.74 Å². The molecule has 2 heterocycles. The number of carbonyl (C=O) groups is 3. The number of amides is 1. The zero-order valence-electron chi connectivity index (χ0n) is 18.3. The zero-order chi connectivity index (χ0) is 22.9. The summed E-state index contributed by atoms with van der Waals surface area (Å²) in [6, 6.07) is 12.4. The number of hydrogen-bond acceptors (Lipinski definition) is 7. The summed E-state index contributed by atoms with van der Waals surface area (Å²) >= 11 is 3.20. The van der Waals surface area contributed by atoms with E-state index in [0.29, 0.717) is 25.1 Å². The fraction of sp³-hybridized carbons (Fsp3) is 0.435. The summed E-state index contributed by atoms with van der Waals surface area (Å²) < 4.78 is 5.25. The average molecular weight is 513 g/mol. The predicted molar refractivity (Wildman–Crippen MR) is 133 cm³/mol. The molecule has 0 spiro atoms. The molecule has 1 aliphatic heterocycles. The van der Waals surface area contributed by atoms with Crippen molar-refractivity contribution in [3.63, 3.8) is 0 Å². The number of carboxylic acids is 1. The van der Waals surface area contributed by atoms with Gasteiger partial charge in [0, 0.05) is 17.2 Å².